The zero-order valence-electron chi connectivity index (χ0n) is 17.0. The van der Waals surface area contributed by atoms with Crippen LogP contribution < -0.4 is 0 Å². The van der Waals surface area contributed by atoms with Crippen molar-refractivity contribution in [3.05, 3.63) is 0 Å². The number of rotatable bonds is 6. The summed E-state index contributed by atoms with van der Waals surface area (Å²) < 4.78 is 18.4. The number of aliphatic hydroxyl groups excluding tert-OH is 1. The molecule has 1 spiro atoms. The van der Waals surface area contributed by atoms with Crippen LogP contribution in [0.1, 0.15) is 59.8 Å². The van der Waals surface area contributed by atoms with E-state index in [2.05, 4.69) is 40.8 Å². The molecule has 5 unspecified atom stereocenters. The monoisotopic (exact) mass is 370 g/mol. The summed E-state index contributed by atoms with van der Waals surface area (Å²) in [6.07, 6.45) is 5.22. The number of fused-ring (bicyclic) bond motifs is 2. The first-order chi connectivity index (χ1) is 11.6. The molecule has 0 radical (unpaired) electrons. The molecule has 0 aromatic heterocycles. The fourth-order valence-electron chi connectivity index (χ4n) is 4.75. The Balaban J connectivity index is 1.52. The van der Waals surface area contributed by atoms with Crippen LogP contribution in [-0.4, -0.2) is 44.6 Å². The number of hydrogen-bond acceptors (Lipinski definition) is 4. The van der Waals surface area contributed by atoms with Crippen molar-refractivity contribution in [2.75, 3.05) is 13.2 Å². The predicted octanol–water partition coefficient (Wildman–Crippen LogP) is 4.33. The second-order valence-electron chi connectivity index (χ2n) is 9.96. The maximum absolute atomic E-state index is 10.7. The Labute approximate surface area is 154 Å². The SMILES string of the molecule is CCC(CCC1CC2C(CC23OCCO3)C1O)O[Si](C)(C)C(C)(C)C. The van der Waals surface area contributed by atoms with Crippen molar-refractivity contribution in [3.8, 4) is 0 Å². The summed E-state index contributed by atoms with van der Waals surface area (Å²) in [5.74, 6) is 0.808. The van der Waals surface area contributed by atoms with Gasteiger partial charge in [-0.25, -0.2) is 0 Å². The van der Waals surface area contributed by atoms with Gasteiger partial charge in [-0.2, -0.15) is 0 Å². The quantitative estimate of drug-likeness (QED) is 0.707. The summed E-state index contributed by atoms with van der Waals surface area (Å²) in [7, 11) is -1.73. The smallest absolute Gasteiger partial charge is 0.192 e. The van der Waals surface area contributed by atoms with E-state index in [4.69, 9.17) is 13.9 Å². The number of aliphatic hydroxyl groups is 1. The molecule has 1 aliphatic heterocycles. The highest BCUT2D eigenvalue weighted by molar-refractivity contribution is 6.74. The van der Waals surface area contributed by atoms with Gasteiger partial charge in [-0.3, -0.25) is 0 Å². The van der Waals surface area contributed by atoms with Crippen molar-refractivity contribution in [3.63, 3.8) is 0 Å². The van der Waals surface area contributed by atoms with E-state index in [-0.39, 0.29) is 16.9 Å². The maximum Gasteiger partial charge on any atom is 0.192 e. The van der Waals surface area contributed by atoms with E-state index in [1.165, 1.54) is 0 Å². The minimum atomic E-state index is -1.73. The van der Waals surface area contributed by atoms with Crippen LogP contribution in [0.25, 0.3) is 0 Å². The minimum Gasteiger partial charge on any atom is -0.414 e. The molecule has 0 amide bonds. The van der Waals surface area contributed by atoms with Crippen LogP contribution in [0.15, 0.2) is 0 Å². The van der Waals surface area contributed by atoms with Gasteiger partial charge in [0, 0.05) is 18.4 Å². The van der Waals surface area contributed by atoms with Crippen LogP contribution in [0, 0.1) is 17.8 Å². The molecule has 2 aliphatic carbocycles. The summed E-state index contributed by atoms with van der Waals surface area (Å²) in [4.78, 5) is 0. The van der Waals surface area contributed by atoms with E-state index in [0.717, 1.165) is 32.1 Å². The molecule has 3 aliphatic rings. The molecule has 3 fully saturated rings. The molecule has 5 atom stereocenters. The van der Waals surface area contributed by atoms with Gasteiger partial charge in [-0.05, 0) is 55.7 Å². The molecule has 5 heteroatoms. The van der Waals surface area contributed by atoms with Gasteiger partial charge in [-0.15, -0.1) is 0 Å². The first-order valence-electron chi connectivity index (χ1n) is 10.2. The minimum absolute atomic E-state index is 0.186. The van der Waals surface area contributed by atoms with Crippen molar-refractivity contribution in [2.45, 2.75) is 95.9 Å². The molecule has 0 aromatic rings. The lowest BCUT2D eigenvalue weighted by molar-refractivity contribution is -0.275. The van der Waals surface area contributed by atoms with E-state index in [9.17, 15) is 5.11 Å². The molecule has 1 N–H and O–H groups in total. The molecule has 0 bridgehead atoms. The average molecular weight is 371 g/mol. The Morgan fingerprint density at radius 1 is 1.24 bits per heavy atom. The third kappa shape index (κ3) is 3.60. The first-order valence-corrected chi connectivity index (χ1v) is 13.1. The van der Waals surface area contributed by atoms with Crippen molar-refractivity contribution in [1.29, 1.82) is 0 Å². The van der Waals surface area contributed by atoms with E-state index < -0.39 is 8.32 Å². The zero-order chi connectivity index (χ0) is 18.5. The molecule has 25 heavy (non-hydrogen) atoms. The van der Waals surface area contributed by atoms with Gasteiger partial charge in [0.25, 0.3) is 0 Å². The van der Waals surface area contributed by atoms with Crippen LogP contribution in [0.3, 0.4) is 0 Å². The Hall–Kier alpha value is 0.0569. The molecule has 1 saturated heterocycles. The fourth-order valence-corrected chi connectivity index (χ4v) is 6.22. The molecule has 4 nitrogen and oxygen atoms in total. The Morgan fingerprint density at radius 3 is 2.44 bits per heavy atom. The topological polar surface area (TPSA) is 47.9 Å². The fraction of sp³-hybridized carbons (Fsp3) is 1.00. The highest BCUT2D eigenvalue weighted by atomic mass is 28.4. The Morgan fingerprint density at radius 2 is 1.88 bits per heavy atom. The largest absolute Gasteiger partial charge is 0.414 e. The van der Waals surface area contributed by atoms with Crippen LogP contribution in [0.4, 0.5) is 0 Å². The lowest BCUT2D eigenvalue weighted by Gasteiger charge is -2.48. The van der Waals surface area contributed by atoms with Gasteiger partial charge < -0.3 is 19.0 Å². The summed E-state index contributed by atoms with van der Waals surface area (Å²) in [6, 6.07) is 0. The van der Waals surface area contributed by atoms with Gasteiger partial charge in [0.2, 0.25) is 0 Å². The van der Waals surface area contributed by atoms with E-state index in [1.807, 2.05) is 0 Å². The molecule has 1 heterocycles. The van der Waals surface area contributed by atoms with Crippen molar-refractivity contribution in [1.82, 2.24) is 0 Å². The Kier molecular flexibility index (Phi) is 5.47. The highest BCUT2D eigenvalue weighted by Gasteiger charge is 2.64. The zero-order valence-corrected chi connectivity index (χ0v) is 18.0. The standard InChI is InChI=1S/C20H38O4Si/c1-7-15(24-25(5,6)19(2,3)4)9-8-14-12-17-16(18(14)21)13-20(17)22-10-11-23-20/h14-18,21H,7-13H2,1-6H3. The second kappa shape index (κ2) is 6.90. The summed E-state index contributed by atoms with van der Waals surface area (Å²) >= 11 is 0. The van der Waals surface area contributed by atoms with Gasteiger partial charge in [-0.1, -0.05) is 27.7 Å². The van der Waals surface area contributed by atoms with Gasteiger partial charge in [0.05, 0.1) is 19.3 Å². The average Bonchev–Trinajstić information content (AvgIpc) is 3.09. The van der Waals surface area contributed by atoms with E-state index >= 15 is 0 Å². The van der Waals surface area contributed by atoms with E-state index in [1.54, 1.807) is 0 Å². The van der Waals surface area contributed by atoms with E-state index in [0.29, 0.717) is 37.1 Å². The Bertz CT molecular complexity index is 467. The summed E-state index contributed by atoms with van der Waals surface area (Å²) in [6.45, 7) is 15.2. The molecule has 2 saturated carbocycles. The van der Waals surface area contributed by atoms with Gasteiger partial charge in [0.15, 0.2) is 14.1 Å². The third-order valence-electron chi connectivity index (χ3n) is 7.44. The molecule has 146 valence electrons. The number of hydrogen-bond donors (Lipinski definition) is 1. The maximum atomic E-state index is 10.7. The number of ether oxygens (including phenoxy) is 2. The highest BCUT2D eigenvalue weighted by Crippen LogP contribution is 2.59. The van der Waals surface area contributed by atoms with Gasteiger partial charge in [0.1, 0.15) is 0 Å². The third-order valence-corrected chi connectivity index (χ3v) is 12.0. The predicted molar refractivity (Wildman–Crippen MR) is 102 cm³/mol. The molecular weight excluding hydrogens is 332 g/mol. The summed E-state index contributed by atoms with van der Waals surface area (Å²) in [5.41, 5.74) is 0. The molecular formula is C20H38O4Si. The lowest BCUT2D eigenvalue weighted by Crippen LogP contribution is -2.54. The first kappa shape index (κ1) is 19.8. The normalized spacial score (nSPS) is 35.6. The van der Waals surface area contributed by atoms with Crippen LogP contribution in [0.2, 0.25) is 18.1 Å². The van der Waals surface area contributed by atoms with Crippen LogP contribution in [0.5, 0.6) is 0 Å². The van der Waals surface area contributed by atoms with Crippen LogP contribution >= 0.6 is 0 Å². The van der Waals surface area contributed by atoms with Crippen molar-refractivity contribution >= 4 is 8.32 Å². The molecule has 3 rings (SSSR count). The summed E-state index contributed by atoms with van der Waals surface area (Å²) in [5, 5.41) is 11.0. The second-order valence-corrected chi connectivity index (χ2v) is 14.7. The van der Waals surface area contributed by atoms with Gasteiger partial charge >= 0.3 is 0 Å². The van der Waals surface area contributed by atoms with Crippen LogP contribution in [-0.2, 0) is 13.9 Å². The lowest BCUT2D eigenvalue weighted by atomic mass is 9.69. The van der Waals surface area contributed by atoms with Crippen molar-refractivity contribution in [2.24, 2.45) is 17.8 Å². The molecule has 0 aromatic carbocycles. The van der Waals surface area contributed by atoms with Crippen molar-refractivity contribution < 1.29 is 19.0 Å².